The lowest BCUT2D eigenvalue weighted by molar-refractivity contribution is 0.134. The van der Waals surface area contributed by atoms with E-state index < -0.39 is 0 Å². The van der Waals surface area contributed by atoms with Crippen molar-refractivity contribution in [3.63, 3.8) is 0 Å². The maximum Gasteiger partial charge on any atom is 0.220 e. The van der Waals surface area contributed by atoms with Crippen LogP contribution < -0.4 is 4.74 Å². The molecule has 4 heterocycles. The zero-order valence-electron chi connectivity index (χ0n) is 15.6. The summed E-state index contributed by atoms with van der Waals surface area (Å²) in [5.74, 6) is 2.54. The van der Waals surface area contributed by atoms with Gasteiger partial charge in [-0.05, 0) is 13.8 Å². The first-order valence-electron chi connectivity index (χ1n) is 9.43. The van der Waals surface area contributed by atoms with Gasteiger partial charge in [-0.3, -0.25) is 4.90 Å². The molecule has 0 bridgehead atoms. The second-order valence-electron chi connectivity index (χ2n) is 7.37. The summed E-state index contributed by atoms with van der Waals surface area (Å²) in [5.41, 5.74) is 5.46. The van der Waals surface area contributed by atoms with Crippen LogP contribution in [0.1, 0.15) is 28.4 Å². The Morgan fingerprint density at radius 1 is 1.11 bits per heavy atom. The van der Waals surface area contributed by atoms with Crippen molar-refractivity contribution in [2.24, 2.45) is 0 Å². The van der Waals surface area contributed by atoms with Gasteiger partial charge >= 0.3 is 0 Å². The molecule has 6 heteroatoms. The minimum atomic E-state index is 0.122. The van der Waals surface area contributed by atoms with Gasteiger partial charge in [-0.2, -0.15) is 4.98 Å². The van der Waals surface area contributed by atoms with Gasteiger partial charge in [0.1, 0.15) is 23.4 Å². The van der Waals surface area contributed by atoms with Crippen LogP contribution in [0.3, 0.4) is 0 Å². The highest BCUT2D eigenvalue weighted by Gasteiger charge is 2.31. The summed E-state index contributed by atoms with van der Waals surface area (Å²) in [7, 11) is 0. The molecule has 0 radical (unpaired) electrons. The molecule has 1 aromatic carbocycles. The van der Waals surface area contributed by atoms with Crippen molar-refractivity contribution >= 4 is 0 Å². The molecule has 0 aliphatic carbocycles. The monoisotopic (exact) mass is 362 g/mol. The second-order valence-corrected chi connectivity index (χ2v) is 7.37. The Morgan fingerprint density at radius 3 is 2.81 bits per heavy atom. The van der Waals surface area contributed by atoms with Crippen LogP contribution in [0.2, 0.25) is 0 Å². The molecule has 27 heavy (non-hydrogen) atoms. The van der Waals surface area contributed by atoms with E-state index in [-0.39, 0.29) is 6.10 Å². The van der Waals surface area contributed by atoms with Crippen molar-refractivity contribution < 1.29 is 9.26 Å². The quantitative estimate of drug-likeness (QED) is 0.713. The fourth-order valence-electron chi connectivity index (χ4n) is 4.10. The molecule has 0 saturated carbocycles. The van der Waals surface area contributed by atoms with Gasteiger partial charge in [-0.1, -0.05) is 35.5 Å². The van der Waals surface area contributed by atoms with E-state index in [2.05, 4.69) is 32.2 Å². The molecule has 0 saturated heterocycles. The number of aromatic nitrogens is 3. The molecule has 2 aliphatic rings. The summed E-state index contributed by atoms with van der Waals surface area (Å²) < 4.78 is 11.7. The number of hydrogen-bond donors (Lipinski definition) is 0. The van der Waals surface area contributed by atoms with E-state index in [9.17, 15) is 0 Å². The average Bonchev–Trinajstić information content (AvgIpc) is 3.26. The number of nitrogens with zero attached hydrogens (tertiary/aromatic N) is 4. The Morgan fingerprint density at radius 2 is 1.96 bits per heavy atom. The smallest absolute Gasteiger partial charge is 0.220 e. The van der Waals surface area contributed by atoms with E-state index in [0.29, 0.717) is 0 Å². The highest BCUT2D eigenvalue weighted by atomic mass is 16.5. The largest absolute Gasteiger partial charge is 0.472 e. The van der Waals surface area contributed by atoms with Crippen LogP contribution in [0, 0.1) is 13.8 Å². The molecule has 1 unspecified atom stereocenters. The fraction of sp³-hybridized carbons (Fsp3) is 0.381. The van der Waals surface area contributed by atoms with Crippen molar-refractivity contribution in [2.45, 2.75) is 39.3 Å². The Balaban J connectivity index is 1.32. The van der Waals surface area contributed by atoms with Gasteiger partial charge in [0, 0.05) is 54.9 Å². The van der Waals surface area contributed by atoms with Gasteiger partial charge in [0.2, 0.25) is 5.88 Å². The lowest BCUT2D eigenvalue weighted by atomic mass is 10.0. The number of hydrogen-bond acceptors (Lipinski definition) is 6. The number of ether oxygens (including phenoxy) is 1. The lowest BCUT2D eigenvalue weighted by Gasteiger charge is -2.28. The topological polar surface area (TPSA) is 64.3 Å². The molecule has 0 N–H and O–H groups in total. The molecule has 0 amide bonds. The predicted molar refractivity (Wildman–Crippen MR) is 101 cm³/mol. The molecule has 0 spiro atoms. The Labute approximate surface area is 158 Å². The summed E-state index contributed by atoms with van der Waals surface area (Å²) in [6.45, 7) is 6.61. The number of benzene rings is 1. The Hall–Kier alpha value is -2.73. The number of aryl methyl sites for hydroxylation is 2. The summed E-state index contributed by atoms with van der Waals surface area (Å²) >= 11 is 0. The van der Waals surface area contributed by atoms with Crippen molar-refractivity contribution in [3.8, 4) is 17.1 Å². The molecule has 3 aromatic rings. The van der Waals surface area contributed by atoms with E-state index in [1.807, 2.05) is 32.0 Å². The molecular formula is C21H22N4O2. The maximum atomic E-state index is 6.12. The van der Waals surface area contributed by atoms with Gasteiger partial charge in [-0.25, -0.2) is 4.98 Å². The van der Waals surface area contributed by atoms with Crippen LogP contribution in [-0.4, -0.2) is 39.2 Å². The molecule has 5 rings (SSSR count). The molecular weight excluding hydrogens is 340 g/mol. The Kier molecular flexibility index (Phi) is 3.93. The van der Waals surface area contributed by atoms with E-state index in [1.54, 1.807) is 0 Å². The highest BCUT2D eigenvalue weighted by Crippen LogP contribution is 2.32. The second kappa shape index (κ2) is 6.46. The molecule has 138 valence electrons. The van der Waals surface area contributed by atoms with Crippen LogP contribution >= 0.6 is 0 Å². The van der Waals surface area contributed by atoms with Crippen LogP contribution in [0.25, 0.3) is 11.3 Å². The van der Waals surface area contributed by atoms with E-state index >= 15 is 0 Å². The first-order chi connectivity index (χ1) is 13.2. The standard InChI is InChI=1S/C21H22N4O2/c1-13-17-10-16(26-21(17)23-14(2)22-13)11-25-9-8-19-18(12-25)20(24-27-19)15-6-4-3-5-7-15/h3-7,16H,8-12H2,1-2H3. The lowest BCUT2D eigenvalue weighted by Crippen LogP contribution is -2.38. The first kappa shape index (κ1) is 16.4. The molecule has 6 nitrogen and oxygen atoms in total. The van der Waals surface area contributed by atoms with Gasteiger partial charge < -0.3 is 9.26 Å². The molecule has 1 atom stereocenters. The average molecular weight is 362 g/mol. The van der Waals surface area contributed by atoms with Crippen molar-refractivity contribution in [2.75, 3.05) is 13.1 Å². The minimum Gasteiger partial charge on any atom is -0.472 e. The van der Waals surface area contributed by atoms with Gasteiger partial charge in [0.25, 0.3) is 0 Å². The third-order valence-corrected chi connectivity index (χ3v) is 5.41. The van der Waals surface area contributed by atoms with Crippen LogP contribution in [-0.2, 0) is 19.4 Å². The van der Waals surface area contributed by atoms with Crippen LogP contribution in [0.15, 0.2) is 34.9 Å². The number of fused-ring (bicyclic) bond motifs is 2. The molecule has 2 aliphatic heterocycles. The zero-order valence-corrected chi connectivity index (χ0v) is 15.6. The van der Waals surface area contributed by atoms with E-state index in [0.717, 1.165) is 72.5 Å². The zero-order chi connectivity index (χ0) is 18.4. The third-order valence-electron chi connectivity index (χ3n) is 5.41. The van der Waals surface area contributed by atoms with Crippen molar-refractivity contribution in [1.82, 2.24) is 20.0 Å². The van der Waals surface area contributed by atoms with Crippen molar-refractivity contribution in [1.29, 1.82) is 0 Å². The normalized spacial score (nSPS) is 18.8. The SMILES string of the molecule is Cc1nc(C)c2c(n1)OC(CN1CCc3onc(-c4ccccc4)c3C1)C2. The summed E-state index contributed by atoms with van der Waals surface area (Å²) in [5, 5.41) is 4.34. The number of rotatable bonds is 3. The van der Waals surface area contributed by atoms with Crippen molar-refractivity contribution in [3.05, 3.63) is 58.7 Å². The third kappa shape index (κ3) is 3.00. The summed E-state index contributed by atoms with van der Waals surface area (Å²) in [6.07, 6.45) is 1.88. The summed E-state index contributed by atoms with van der Waals surface area (Å²) in [4.78, 5) is 11.4. The fourth-order valence-corrected chi connectivity index (χ4v) is 4.10. The van der Waals surface area contributed by atoms with Crippen LogP contribution in [0.4, 0.5) is 0 Å². The Bertz CT molecular complexity index is 983. The van der Waals surface area contributed by atoms with Gasteiger partial charge in [0.15, 0.2) is 0 Å². The maximum absolute atomic E-state index is 6.12. The van der Waals surface area contributed by atoms with E-state index in [4.69, 9.17) is 9.26 Å². The molecule has 2 aromatic heterocycles. The van der Waals surface area contributed by atoms with Crippen LogP contribution in [0.5, 0.6) is 5.88 Å². The predicted octanol–water partition coefficient (Wildman–Crippen LogP) is 3.11. The van der Waals surface area contributed by atoms with E-state index in [1.165, 1.54) is 5.56 Å². The molecule has 0 fully saturated rings. The minimum absolute atomic E-state index is 0.122. The van der Waals surface area contributed by atoms with Gasteiger partial charge in [-0.15, -0.1) is 0 Å². The van der Waals surface area contributed by atoms with Gasteiger partial charge in [0.05, 0.1) is 0 Å². The first-order valence-corrected chi connectivity index (χ1v) is 9.43. The highest BCUT2D eigenvalue weighted by molar-refractivity contribution is 5.63. The summed E-state index contributed by atoms with van der Waals surface area (Å²) in [6, 6.07) is 10.2.